The molecular formula is C16H14N3O4. The van der Waals surface area contributed by atoms with Gasteiger partial charge in [0.1, 0.15) is 11.7 Å². The Labute approximate surface area is 132 Å². The summed E-state index contributed by atoms with van der Waals surface area (Å²) in [6.45, 7) is 3.79. The van der Waals surface area contributed by atoms with Gasteiger partial charge < -0.3 is 5.32 Å². The average molecular weight is 312 g/mol. The van der Waals surface area contributed by atoms with E-state index >= 15 is 0 Å². The first kappa shape index (κ1) is 15.0. The zero-order chi connectivity index (χ0) is 16.6. The molecule has 2 heterocycles. The summed E-state index contributed by atoms with van der Waals surface area (Å²) in [6, 6.07) is 6.08. The first-order chi connectivity index (χ1) is 11.0. The summed E-state index contributed by atoms with van der Waals surface area (Å²) in [4.78, 5) is 48.4. The minimum Gasteiger partial charge on any atom is -0.351 e. The molecule has 1 fully saturated rings. The topological polar surface area (TPSA) is 95.6 Å². The van der Waals surface area contributed by atoms with Crippen molar-refractivity contribution in [1.82, 2.24) is 10.2 Å². The van der Waals surface area contributed by atoms with Crippen LogP contribution in [0.15, 0.2) is 36.0 Å². The zero-order valence-corrected chi connectivity index (χ0v) is 12.2. The Morgan fingerprint density at radius 2 is 2.00 bits per heavy atom. The number of nitrogens with one attached hydrogen (secondary N) is 2. The molecule has 1 aromatic rings. The minimum absolute atomic E-state index is 0.0882. The fraction of sp³-hybridized carbons (Fsp3) is 0.188. The normalized spacial score (nSPS) is 21.3. The quantitative estimate of drug-likeness (QED) is 0.785. The van der Waals surface area contributed by atoms with Gasteiger partial charge in [0.05, 0.1) is 0 Å². The van der Waals surface area contributed by atoms with E-state index in [0.717, 1.165) is 16.5 Å². The first-order valence-electron chi connectivity index (χ1n) is 7.07. The zero-order valence-electron chi connectivity index (χ0n) is 12.2. The lowest BCUT2D eigenvalue weighted by Crippen LogP contribution is -2.54. The maximum atomic E-state index is 12.4. The van der Waals surface area contributed by atoms with Crippen LogP contribution in [0.4, 0.5) is 5.69 Å². The Hall–Kier alpha value is -2.96. The van der Waals surface area contributed by atoms with Crippen molar-refractivity contribution in [2.45, 2.75) is 18.9 Å². The molecule has 3 rings (SSSR count). The van der Waals surface area contributed by atoms with Gasteiger partial charge in [-0.15, -0.1) is 0 Å². The van der Waals surface area contributed by atoms with E-state index in [9.17, 15) is 19.2 Å². The molecule has 1 unspecified atom stereocenters. The van der Waals surface area contributed by atoms with Gasteiger partial charge in [0, 0.05) is 18.2 Å². The van der Waals surface area contributed by atoms with Crippen molar-refractivity contribution in [1.29, 1.82) is 0 Å². The first-order valence-corrected chi connectivity index (χ1v) is 7.07. The molecule has 2 aliphatic heterocycles. The number of carbonyl (C=O) groups excluding carboxylic acids is 4. The molecule has 7 nitrogen and oxygen atoms in total. The van der Waals surface area contributed by atoms with E-state index in [4.69, 9.17) is 0 Å². The fourth-order valence-corrected chi connectivity index (χ4v) is 2.60. The van der Waals surface area contributed by atoms with E-state index in [1.165, 1.54) is 0 Å². The summed E-state index contributed by atoms with van der Waals surface area (Å²) in [5.41, 5.74) is 1.47. The second-order valence-electron chi connectivity index (χ2n) is 5.36. The minimum atomic E-state index is -0.956. The number of hydrogen-bond donors (Lipinski definition) is 2. The lowest BCUT2D eigenvalue weighted by molar-refractivity contribution is -0.149. The summed E-state index contributed by atoms with van der Waals surface area (Å²) in [7, 11) is 0. The van der Waals surface area contributed by atoms with Crippen molar-refractivity contribution in [2.24, 2.45) is 0 Å². The molecule has 23 heavy (non-hydrogen) atoms. The standard InChI is InChI=1S/C16H14N3O4/c1-9-3-2-4-10(7-9)17-11-8-14(21)19(16(11)23)12-5-6-13(20)18-15(12)22/h2-4,7-8,12,17H,1,5-6H2,(H,18,20,22). The Morgan fingerprint density at radius 3 is 2.70 bits per heavy atom. The highest BCUT2D eigenvalue weighted by molar-refractivity contribution is 6.20. The largest absolute Gasteiger partial charge is 0.351 e. The summed E-state index contributed by atoms with van der Waals surface area (Å²) < 4.78 is 0. The highest BCUT2D eigenvalue weighted by Crippen LogP contribution is 2.22. The van der Waals surface area contributed by atoms with Crippen molar-refractivity contribution < 1.29 is 19.2 Å². The third kappa shape index (κ3) is 2.85. The van der Waals surface area contributed by atoms with Crippen LogP contribution in [0, 0.1) is 6.92 Å². The number of anilines is 1. The number of benzene rings is 1. The van der Waals surface area contributed by atoms with Crippen molar-refractivity contribution in [3.8, 4) is 0 Å². The highest BCUT2D eigenvalue weighted by Gasteiger charge is 2.42. The van der Waals surface area contributed by atoms with Crippen LogP contribution in [0.1, 0.15) is 18.4 Å². The number of imide groups is 2. The second-order valence-corrected chi connectivity index (χ2v) is 5.36. The maximum Gasteiger partial charge on any atom is 0.278 e. The lowest BCUT2D eigenvalue weighted by Gasteiger charge is -2.28. The summed E-state index contributed by atoms with van der Waals surface area (Å²) in [5.74, 6) is -2.18. The smallest absolute Gasteiger partial charge is 0.278 e. The fourth-order valence-electron chi connectivity index (χ4n) is 2.60. The maximum absolute atomic E-state index is 12.4. The highest BCUT2D eigenvalue weighted by atomic mass is 16.2. The van der Waals surface area contributed by atoms with Crippen molar-refractivity contribution in [2.75, 3.05) is 5.32 Å². The van der Waals surface area contributed by atoms with Crippen molar-refractivity contribution in [3.63, 3.8) is 0 Å². The van der Waals surface area contributed by atoms with Gasteiger partial charge in [-0.05, 0) is 31.0 Å². The van der Waals surface area contributed by atoms with Crippen LogP contribution in [0.25, 0.3) is 0 Å². The van der Waals surface area contributed by atoms with E-state index in [2.05, 4.69) is 17.6 Å². The van der Waals surface area contributed by atoms with Gasteiger partial charge in [0.15, 0.2) is 0 Å². The van der Waals surface area contributed by atoms with Gasteiger partial charge in [0.2, 0.25) is 11.8 Å². The molecule has 0 saturated carbocycles. The molecule has 1 radical (unpaired) electrons. The van der Waals surface area contributed by atoms with Crippen LogP contribution in [0.3, 0.4) is 0 Å². The van der Waals surface area contributed by atoms with E-state index in [1.54, 1.807) is 24.3 Å². The second kappa shape index (κ2) is 5.68. The van der Waals surface area contributed by atoms with Crippen LogP contribution in [0.5, 0.6) is 0 Å². The van der Waals surface area contributed by atoms with Gasteiger partial charge in [-0.2, -0.15) is 0 Å². The van der Waals surface area contributed by atoms with E-state index in [1.807, 2.05) is 0 Å². The molecule has 2 aliphatic rings. The summed E-state index contributed by atoms with van der Waals surface area (Å²) in [6.07, 6.45) is 1.39. The van der Waals surface area contributed by atoms with Gasteiger partial charge in [-0.3, -0.25) is 29.4 Å². The molecule has 2 N–H and O–H groups in total. The average Bonchev–Trinajstić information content (AvgIpc) is 2.74. The Balaban J connectivity index is 1.77. The molecule has 1 atom stereocenters. The molecule has 1 saturated heterocycles. The summed E-state index contributed by atoms with van der Waals surface area (Å²) >= 11 is 0. The molecule has 117 valence electrons. The molecule has 0 aliphatic carbocycles. The number of amides is 4. The van der Waals surface area contributed by atoms with Gasteiger partial charge in [-0.1, -0.05) is 12.1 Å². The Bertz CT molecular complexity index is 753. The third-order valence-electron chi connectivity index (χ3n) is 3.68. The molecule has 0 aromatic heterocycles. The molecule has 7 heteroatoms. The van der Waals surface area contributed by atoms with Crippen molar-refractivity contribution in [3.05, 3.63) is 48.5 Å². The van der Waals surface area contributed by atoms with Gasteiger partial charge >= 0.3 is 0 Å². The monoisotopic (exact) mass is 312 g/mol. The van der Waals surface area contributed by atoms with Crippen molar-refractivity contribution >= 4 is 29.3 Å². The van der Waals surface area contributed by atoms with Crippen LogP contribution in [-0.4, -0.2) is 34.6 Å². The summed E-state index contributed by atoms with van der Waals surface area (Å²) in [5, 5.41) is 5.01. The molecule has 1 aromatic carbocycles. The van der Waals surface area contributed by atoms with Crippen LogP contribution in [0.2, 0.25) is 0 Å². The van der Waals surface area contributed by atoms with E-state index < -0.39 is 29.7 Å². The number of piperidine rings is 1. The van der Waals surface area contributed by atoms with E-state index in [-0.39, 0.29) is 18.5 Å². The lowest BCUT2D eigenvalue weighted by atomic mass is 10.0. The number of carbonyl (C=O) groups is 4. The van der Waals surface area contributed by atoms with Gasteiger partial charge in [-0.25, -0.2) is 0 Å². The predicted octanol–water partition coefficient (Wildman–Crippen LogP) is 0.339. The van der Waals surface area contributed by atoms with E-state index in [0.29, 0.717) is 5.69 Å². The number of nitrogens with zero attached hydrogens (tertiary/aromatic N) is 1. The third-order valence-corrected chi connectivity index (χ3v) is 3.68. The Kier molecular flexibility index (Phi) is 3.69. The Morgan fingerprint density at radius 1 is 1.22 bits per heavy atom. The van der Waals surface area contributed by atoms with Gasteiger partial charge in [0.25, 0.3) is 11.8 Å². The van der Waals surface area contributed by atoms with Crippen LogP contribution < -0.4 is 10.6 Å². The SMILES string of the molecule is [CH2]c1cccc(NC2=CC(=O)N(C3CCC(=O)NC3=O)C2=O)c1. The van der Waals surface area contributed by atoms with Crippen LogP contribution in [-0.2, 0) is 19.2 Å². The molecule has 4 amide bonds. The number of hydrogen-bond acceptors (Lipinski definition) is 5. The predicted molar refractivity (Wildman–Crippen MR) is 80.6 cm³/mol. The molecule has 0 spiro atoms. The van der Waals surface area contributed by atoms with Crippen LogP contribution >= 0.6 is 0 Å². The number of rotatable bonds is 3. The molecular weight excluding hydrogens is 298 g/mol. The molecule has 0 bridgehead atoms.